The largest absolute Gasteiger partial charge is 0.372 e. The van der Waals surface area contributed by atoms with Crippen LogP contribution in [0.2, 0.25) is 0 Å². The zero-order valence-electron chi connectivity index (χ0n) is 9.25. The smallest absolute Gasteiger partial charge is 0.123 e. The van der Waals surface area contributed by atoms with E-state index in [2.05, 4.69) is 11.8 Å². The van der Waals surface area contributed by atoms with Gasteiger partial charge in [0, 0.05) is 18.8 Å². The number of nitrogens with zero attached hydrogens (tertiary/aromatic N) is 1. The van der Waals surface area contributed by atoms with Gasteiger partial charge in [0.2, 0.25) is 0 Å². The third-order valence-corrected chi connectivity index (χ3v) is 3.38. The van der Waals surface area contributed by atoms with E-state index < -0.39 is 0 Å². The van der Waals surface area contributed by atoms with Crippen molar-refractivity contribution in [1.82, 2.24) is 0 Å². The first-order chi connectivity index (χ1) is 7.29. The molecule has 1 saturated heterocycles. The normalized spacial score (nSPS) is 18.1. The van der Waals surface area contributed by atoms with Gasteiger partial charge < -0.3 is 4.90 Å². The molecule has 1 nitrogen and oxygen atoms in total. The standard InChI is InChI=1S/C13H18FN/c1-2-11-7-9-15(10-8-11)13-5-3-12(14)4-6-13/h3-6,11H,2,7-10H2,1H3. The highest BCUT2D eigenvalue weighted by molar-refractivity contribution is 5.46. The molecule has 1 aliphatic rings. The van der Waals surface area contributed by atoms with Crippen molar-refractivity contribution < 1.29 is 4.39 Å². The van der Waals surface area contributed by atoms with Crippen molar-refractivity contribution in [2.75, 3.05) is 18.0 Å². The van der Waals surface area contributed by atoms with Crippen molar-refractivity contribution in [3.63, 3.8) is 0 Å². The molecule has 0 aromatic heterocycles. The molecule has 0 aliphatic carbocycles. The Labute approximate surface area is 90.9 Å². The van der Waals surface area contributed by atoms with Gasteiger partial charge in [0.25, 0.3) is 0 Å². The molecular weight excluding hydrogens is 189 g/mol. The summed E-state index contributed by atoms with van der Waals surface area (Å²) in [5.74, 6) is 0.740. The van der Waals surface area contributed by atoms with E-state index in [-0.39, 0.29) is 5.82 Å². The summed E-state index contributed by atoms with van der Waals surface area (Å²) in [5.41, 5.74) is 1.16. The van der Waals surface area contributed by atoms with Crippen molar-refractivity contribution in [2.24, 2.45) is 5.92 Å². The summed E-state index contributed by atoms with van der Waals surface area (Å²) in [7, 11) is 0. The van der Waals surface area contributed by atoms with Gasteiger partial charge in [-0.05, 0) is 43.0 Å². The third-order valence-electron chi connectivity index (χ3n) is 3.38. The molecule has 0 radical (unpaired) electrons. The number of rotatable bonds is 2. The second-order valence-corrected chi connectivity index (χ2v) is 4.32. The number of hydrogen-bond acceptors (Lipinski definition) is 1. The van der Waals surface area contributed by atoms with Crippen molar-refractivity contribution in [2.45, 2.75) is 26.2 Å². The fourth-order valence-corrected chi connectivity index (χ4v) is 2.25. The fourth-order valence-electron chi connectivity index (χ4n) is 2.25. The minimum Gasteiger partial charge on any atom is -0.372 e. The van der Waals surface area contributed by atoms with Gasteiger partial charge in [-0.2, -0.15) is 0 Å². The topological polar surface area (TPSA) is 3.24 Å². The van der Waals surface area contributed by atoms with Crippen LogP contribution in [0.1, 0.15) is 26.2 Å². The number of anilines is 1. The maximum Gasteiger partial charge on any atom is 0.123 e. The van der Waals surface area contributed by atoms with Crippen LogP contribution < -0.4 is 4.90 Å². The first-order valence-electron chi connectivity index (χ1n) is 5.80. The lowest BCUT2D eigenvalue weighted by Gasteiger charge is -2.33. The molecule has 82 valence electrons. The van der Waals surface area contributed by atoms with E-state index in [4.69, 9.17) is 0 Å². The second kappa shape index (κ2) is 4.65. The van der Waals surface area contributed by atoms with Crippen LogP contribution in [0.15, 0.2) is 24.3 Å². The lowest BCUT2D eigenvalue weighted by molar-refractivity contribution is 0.395. The van der Waals surface area contributed by atoms with Gasteiger partial charge in [-0.1, -0.05) is 13.3 Å². The van der Waals surface area contributed by atoms with Crippen LogP contribution in [0.25, 0.3) is 0 Å². The highest BCUT2D eigenvalue weighted by Gasteiger charge is 2.17. The van der Waals surface area contributed by atoms with Crippen LogP contribution in [0.4, 0.5) is 10.1 Å². The Morgan fingerprint density at radius 1 is 1.20 bits per heavy atom. The molecule has 1 heterocycles. The Hall–Kier alpha value is -1.05. The Morgan fingerprint density at radius 2 is 1.80 bits per heavy atom. The molecule has 0 unspecified atom stereocenters. The lowest BCUT2D eigenvalue weighted by Crippen LogP contribution is -2.33. The summed E-state index contributed by atoms with van der Waals surface area (Å²) in [6.45, 7) is 4.49. The van der Waals surface area contributed by atoms with Gasteiger partial charge in [-0.25, -0.2) is 4.39 Å². The third kappa shape index (κ3) is 2.49. The molecule has 2 heteroatoms. The molecule has 1 aromatic rings. The summed E-state index contributed by atoms with van der Waals surface area (Å²) in [6.07, 6.45) is 3.83. The maximum atomic E-state index is 12.8. The van der Waals surface area contributed by atoms with Crippen molar-refractivity contribution >= 4 is 5.69 Å². The van der Waals surface area contributed by atoms with Crippen molar-refractivity contribution in [3.05, 3.63) is 30.1 Å². The molecule has 15 heavy (non-hydrogen) atoms. The van der Waals surface area contributed by atoms with Gasteiger partial charge in [0.1, 0.15) is 5.82 Å². The van der Waals surface area contributed by atoms with Crippen LogP contribution in [-0.2, 0) is 0 Å². The SMILES string of the molecule is CCC1CCN(c2ccc(F)cc2)CC1. The quantitative estimate of drug-likeness (QED) is 0.718. The second-order valence-electron chi connectivity index (χ2n) is 4.32. The molecule has 0 N–H and O–H groups in total. The van der Waals surface area contributed by atoms with E-state index >= 15 is 0 Å². The van der Waals surface area contributed by atoms with Gasteiger partial charge in [0.05, 0.1) is 0 Å². The van der Waals surface area contributed by atoms with Gasteiger partial charge in [-0.3, -0.25) is 0 Å². The predicted octanol–water partition coefficient (Wildman–Crippen LogP) is 3.45. The summed E-state index contributed by atoms with van der Waals surface area (Å²) < 4.78 is 12.8. The number of halogens is 1. The van der Waals surface area contributed by atoms with Crippen LogP contribution in [0, 0.1) is 11.7 Å². The molecule has 0 spiro atoms. The monoisotopic (exact) mass is 207 g/mol. The van der Waals surface area contributed by atoms with E-state index in [0.29, 0.717) is 0 Å². The van der Waals surface area contributed by atoms with Gasteiger partial charge >= 0.3 is 0 Å². The number of piperidine rings is 1. The molecule has 0 amide bonds. The first-order valence-corrected chi connectivity index (χ1v) is 5.80. The first kappa shape index (κ1) is 10.5. The van der Waals surface area contributed by atoms with Crippen molar-refractivity contribution in [1.29, 1.82) is 0 Å². The van der Waals surface area contributed by atoms with E-state index in [9.17, 15) is 4.39 Å². The van der Waals surface area contributed by atoms with Gasteiger partial charge in [0.15, 0.2) is 0 Å². The van der Waals surface area contributed by atoms with Crippen LogP contribution in [0.5, 0.6) is 0 Å². The molecule has 0 bridgehead atoms. The molecule has 0 atom stereocenters. The van der Waals surface area contributed by atoms with E-state index in [0.717, 1.165) is 24.7 Å². The summed E-state index contributed by atoms with van der Waals surface area (Å²) in [6, 6.07) is 6.84. The molecular formula is C13H18FN. The maximum absolute atomic E-state index is 12.8. The Kier molecular flexibility index (Phi) is 3.24. The molecule has 1 fully saturated rings. The lowest BCUT2D eigenvalue weighted by atomic mass is 9.94. The Balaban J connectivity index is 1.98. The number of hydrogen-bond donors (Lipinski definition) is 0. The van der Waals surface area contributed by atoms with Crippen LogP contribution >= 0.6 is 0 Å². The molecule has 1 aromatic carbocycles. The van der Waals surface area contributed by atoms with Gasteiger partial charge in [-0.15, -0.1) is 0 Å². The molecule has 1 aliphatic heterocycles. The van der Waals surface area contributed by atoms with Crippen molar-refractivity contribution in [3.8, 4) is 0 Å². The Morgan fingerprint density at radius 3 is 2.33 bits per heavy atom. The van der Waals surface area contributed by atoms with Crippen LogP contribution in [0.3, 0.4) is 0 Å². The zero-order chi connectivity index (χ0) is 10.7. The summed E-state index contributed by atoms with van der Waals surface area (Å²) in [4.78, 5) is 2.35. The molecule has 2 rings (SSSR count). The average molecular weight is 207 g/mol. The van der Waals surface area contributed by atoms with E-state index in [1.165, 1.54) is 19.3 Å². The average Bonchev–Trinajstić information content (AvgIpc) is 2.30. The van der Waals surface area contributed by atoms with E-state index in [1.54, 1.807) is 12.1 Å². The minimum absolute atomic E-state index is 0.151. The highest BCUT2D eigenvalue weighted by Crippen LogP contribution is 2.24. The Bertz CT molecular complexity index is 299. The predicted molar refractivity (Wildman–Crippen MR) is 61.6 cm³/mol. The van der Waals surface area contributed by atoms with Crippen LogP contribution in [-0.4, -0.2) is 13.1 Å². The summed E-state index contributed by atoms with van der Waals surface area (Å²) >= 11 is 0. The van der Waals surface area contributed by atoms with E-state index in [1.807, 2.05) is 12.1 Å². The highest BCUT2D eigenvalue weighted by atomic mass is 19.1. The number of benzene rings is 1. The minimum atomic E-state index is -0.151. The zero-order valence-corrected chi connectivity index (χ0v) is 9.25. The summed E-state index contributed by atoms with van der Waals surface area (Å²) in [5, 5.41) is 0. The fraction of sp³-hybridized carbons (Fsp3) is 0.538. The molecule has 0 saturated carbocycles.